The maximum Gasteiger partial charge on any atom is 0.289 e. The summed E-state index contributed by atoms with van der Waals surface area (Å²) in [4.78, 5) is 12.0. The molecule has 0 heterocycles. The number of likely N-dealkylation sites (N-methyl/N-ethyl adjacent to an activating group) is 1. The van der Waals surface area contributed by atoms with Crippen LogP contribution >= 0.6 is 0 Å². The second-order valence-corrected chi connectivity index (χ2v) is 7.89. The van der Waals surface area contributed by atoms with E-state index in [0.29, 0.717) is 0 Å². The van der Waals surface area contributed by atoms with Crippen molar-refractivity contribution in [3.05, 3.63) is 69.8 Å². The lowest BCUT2D eigenvalue weighted by molar-refractivity contribution is -0.387. The first-order chi connectivity index (χ1) is 12.3. The minimum atomic E-state index is -4.00. The van der Waals surface area contributed by atoms with Gasteiger partial charge in [0.2, 0.25) is 10.0 Å². The predicted molar refractivity (Wildman–Crippen MR) is 101 cm³/mol. The van der Waals surface area contributed by atoms with Gasteiger partial charge in [-0.25, -0.2) is 13.1 Å². The van der Waals surface area contributed by atoms with Gasteiger partial charge in [0.1, 0.15) is 0 Å². The maximum atomic E-state index is 12.6. The first kappa shape index (κ1) is 20.0. The van der Waals surface area contributed by atoms with Gasteiger partial charge in [0.15, 0.2) is 4.90 Å². The average molecular weight is 377 g/mol. The van der Waals surface area contributed by atoms with E-state index in [9.17, 15) is 18.5 Å². The number of benzene rings is 2. The highest BCUT2D eigenvalue weighted by Gasteiger charge is 2.26. The summed E-state index contributed by atoms with van der Waals surface area (Å²) in [6.45, 7) is 2.17. The normalized spacial score (nSPS) is 12.9. The Kier molecular flexibility index (Phi) is 6.47. The fourth-order valence-corrected chi connectivity index (χ4v) is 3.88. The van der Waals surface area contributed by atoms with Gasteiger partial charge in [-0.1, -0.05) is 43.3 Å². The Bertz CT molecular complexity index is 864. The Balaban J connectivity index is 2.24. The molecule has 1 unspecified atom stereocenters. The van der Waals surface area contributed by atoms with Crippen LogP contribution in [0.4, 0.5) is 5.69 Å². The minimum Gasteiger partial charge on any atom is -0.301 e. The lowest BCUT2D eigenvalue weighted by atomic mass is 10.0. The summed E-state index contributed by atoms with van der Waals surface area (Å²) in [5.74, 6) is 0. The molecule has 0 amide bonds. The van der Waals surface area contributed by atoms with Crippen LogP contribution in [0.5, 0.6) is 0 Å². The number of nitrogens with zero attached hydrogens (tertiary/aromatic N) is 2. The van der Waals surface area contributed by atoms with Crippen LogP contribution < -0.4 is 4.72 Å². The number of para-hydroxylation sites is 1. The first-order valence-electron chi connectivity index (χ1n) is 8.24. The van der Waals surface area contributed by atoms with Gasteiger partial charge in [-0.3, -0.25) is 10.1 Å². The van der Waals surface area contributed by atoms with Crippen molar-refractivity contribution in [2.45, 2.75) is 24.3 Å². The molecule has 26 heavy (non-hydrogen) atoms. The molecule has 7 nitrogen and oxygen atoms in total. The molecule has 0 aromatic heterocycles. The van der Waals surface area contributed by atoms with Gasteiger partial charge in [0.05, 0.1) is 4.92 Å². The standard InChI is InChI=1S/C18H23N3O4S/c1-4-14-9-11-15(12-10-14)17(20(2)3)13-19-26(24,25)18-8-6-5-7-16(18)21(22)23/h5-12,17,19H,4,13H2,1-3H3. The van der Waals surface area contributed by atoms with E-state index < -0.39 is 20.6 Å². The van der Waals surface area contributed by atoms with Crippen molar-refractivity contribution in [2.24, 2.45) is 0 Å². The molecule has 0 radical (unpaired) electrons. The van der Waals surface area contributed by atoms with Gasteiger partial charge in [-0.2, -0.15) is 0 Å². The molecule has 0 saturated heterocycles. The third-order valence-electron chi connectivity index (χ3n) is 4.21. The summed E-state index contributed by atoms with van der Waals surface area (Å²) in [7, 11) is -0.286. The molecule has 1 N–H and O–H groups in total. The van der Waals surface area contributed by atoms with Crippen LogP contribution in [-0.2, 0) is 16.4 Å². The van der Waals surface area contributed by atoms with Crippen LogP contribution in [0.25, 0.3) is 0 Å². The summed E-state index contributed by atoms with van der Waals surface area (Å²) in [5, 5.41) is 11.1. The van der Waals surface area contributed by atoms with E-state index in [1.165, 1.54) is 29.8 Å². The van der Waals surface area contributed by atoms with Crippen molar-refractivity contribution in [2.75, 3.05) is 20.6 Å². The Labute approximate surface area is 153 Å². The van der Waals surface area contributed by atoms with Gasteiger partial charge in [-0.15, -0.1) is 0 Å². The summed E-state index contributed by atoms with van der Waals surface area (Å²) >= 11 is 0. The van der Waals surface area contributed by atoms with Crippen molar-refractivity contribution in [3.63, 3.8) is 0 Å². The van der Waals surface area contributed by atoms with Crippen molar-refractivity contribution < 1.29 is 13.3 Å². The molecule has 0 aliphatic carbocycles. The van der Waals surface area contributed by atoms with Gasteiger partial charge in [0, 0.05) is 18.7 Å². The van der Waals surface area contributed by atoms with E-state index in [2.05, 4.69) is 11.6 Å². The van der Waals surface area contributed by atoms with E-state index >= 15 is 0 Å². The zero-order valence-electron chi connectivity index (χ0n) is 15.0. The van der Waals surface area contributed by atoms with E-state index in [4.69, 9.17) is 0 Å². The summed E-state index contributed by atoms with van der Waals surface area (Å²) in [5.41, 5.74) is 1.73. The van der Waals surface area contributed by atoms with Crippen LogP contribution in [0.3, 0.4) is 0 Å². The molecule has 0 aliphatic heterocycles. The van der Waals surface area contributed by atoms with E-state index in [0.717, 1.165) is 12.0 Å². The number of hydrogen-bond donors (Lipinski definition) is 1. The number of rotatable bonds is 8. The largest absolute Gasteiger partial charge is 0.301 e. The quantitative estimate of drug-likeness (QED) is 0.564. The zero-order chi connectivity index (χ0) is 19.3. The van der Waals surface area contributed by atoms with Gasteiger partial charge in [0.25, 0.3) is 5.69 Å². The molecule has 2 aromatic rings. The number of nitrogens with one attached hydrogen (secondary N) is 1. The Morgan fingerprint density at radius 2 is 1.73 bits per heavy atom. The molecule has 2 aromatic carbocycles. The third-order valence-corrected chi connectivity index (χ3v) is 5.69. The smallest absolute Gasteiger partial charge is 0.289 e. The summed E-state index contributed by atoms with van der Waals surface area (Å²) < 4.78 is 27.7. The molecule has 140 valence electrons. The highest BCUT2D eigenvalue weighted by atomic mass is 32.2. The monoisotopic (exact) mass is 377 g/mol. The zero-order valence-corrected chi connectivity index (χ0v) is 15.9. The van der Waals surface area contributed by atoms with Crippen molar-refractivity contribution in [1.29, 1.82) is 0 Å². The number of aryl methyl sites for hydroxylation is 1. The Morgan fingerprint density at radius 1 is 1.12 bits per heavy atom. The number of nitro groups is 1. The van der Waals surface area contributed by atoms with E-state index in [1.54, 1.807) is 0 Å². The fourth-order valence-electron chi connectivity index (χ4n) is 2.68. The van der Waals surface area contributed by atoms with Crippen LogP contribution in [0.2, 0.25) is 0 Å². The van der Waals surface area contributed by atoms with Crippen molar-refractivity contribution in [1.82, 2.24) is 9.62 Å². The molecule has 0 bridgehead atoms. The van der Waals surface area contributed by atoms with Gasteiger partial charge >= 0.3 is 0 Å². The molecular weight excluding hydrogens is 354 g/mol. The average Bonchev–Trinajstić information content (AvgIpc) is 2.62. The second-order valence-electron chi connectivity index (χ2n) is 6.15. The molecule has 0 saturated carbocycles. The SMILES string of the molecule is CCc1ccc(C(CNS(=O)(=O)c2ccccc2[N+](=O)[O-])N(C)C)cc1. The molecule has 0 fully saturated rings. The number of nitro benzene ring substituents is 1. The Hall–Kier alpha value is -2.29. The summed E-state index contributed by atoms with van der Waals surface area (Å²) in [6.07, 6.45) is 0.928. The lowest BCUT2D eigenvalue weighted by Gasteiger charge is -2.25. The van der Waals surface area contributed by atoms with Crippen LogP contribution in [0, 0.1) is 10.1 Å². The molecular formula is C18H23N3O4S. The van der Waals surface area contributed by atoms with Crippen LogP contribution in [-0.4, -0.2) is 38.9 Å². The number of sulfonamides is 1. The minimum absolute atomic E-state index is 0.104. The second kappa shape index (κ2) is 8.39. The van der Waals surface area contributed by atoms with Gasteiger partial charge < -0.3 is 4.90 Å². The number of hydrogen-bond acceptors (Lipinski definition) is 5. The molecule has 1 atom stereocenters. The molecule has 0 spiro atoms. The first-order valence-corrected chi connectivity index (χ1v) is 9.73. The third kappa shape index (κ3) is 4.66. The lowest BCUT2D eigenvalue weighted by Crippen LogP contribution is -2.34. The van der Waals surface area contributed by atoms with E-state index in [-0.39, 0.29) is 17.5 Å². The predicted octanol–water partition coefficient (Wildman–Crippen LogP) is 2.74. The van der Waals surface area contributed by atoms with Crippen molar-refractivity contribution in [3.8, 4) is 0 Å². The summed E-state index contributed by atoms with van der Waals surface area (Å²) in [6, 6.07) is 13.1. The highest BCUT2D eigenvalue weighted by Crippen LogP contribution is 2.24. The molecule has 2 rings (SSSR count). The van der Waals surface area contributed by atoms with E-state index in [1.807, 2.05) is 43.3 Å². The van der Waals surface area contributed by atoms with Crippen LogP contribution in [0.15, 0.2) is 53.4 Å². The molecule has 0 aliphatic rings. The molecule has 8 heteroatoms. The Morgan fingerprint density at radius 3 is 2.27 bits per heavy atom. The van der Waals surface area contributed by atoms with Crippen molar-refractivity contribution >= 4 is 15.7 Å². The van der Waals surface area contributed by atoms with Gasteiger partial charge in [-0.05, 0) is 37.7 Å². The van der Waals surface area contributed by atoms with Crippen LogP contribution in [0.1, 0.15) is 24.1 Å². The fraction of sp³-hybridized carbons (Fsp3) is 0.333. The highest BCUT2D eigenvalue weighted by molar-refractivity contribution is 7.89. The topological polar surface area (TPSA) is 92.5 Å². The maximum absolute atomic E-state index is 12.6.